The first kappa shape index (κ1) is 16.2. The van der Waals surface area contributed by atoms with Gasteiger partial charge in [-0.1, -0.05) is 24.3 Å². The lowest BCUT2D eigenvalue weighted by atomic mass is 10.1. The van der Waals surface area contributed by atoms with Crippen LogP contribution in [-0.2, 0) is 9.59 Å². The first-order chi connectivity index (χ1) is 11.6. The molecule has 2 atom stereocenters. The number of benzene rings is 1. The number of hydrazone groups is 1. The second kappa shape index (κ2) is 6.84. The molecule has 6 nitrogen and oxygen atoms in total. The van der Waals surface area contributed by atoms with Crippen LogP contribution in [0, 0.1) is 0 Å². The van der Waals surface area contributed by atoms with E-state index in [1.165, 1.54) is 5.01 Å². The van der Waals surface area contributed by atoms with Gasteiger partial charge in [0.1, 0.15) is 11.8 Å². The van der Waals surface area contributed by atoms with Crippen LogP contribution in [0.4, 0.5) is 5.69 Å². The highest BCUT2D eigenvalue weighted by atomic mass is 32.1. The molecule has 0 radical (unpaired) electrons. The van der Waals surface area contributed by atoms with Crippen LogP contribution in [0.1, 0.15) is 24.3 Å². The quantitative estimate of drug-likeness (QED) is 0.871. The summed E-state index contributed by atoms with van der Waals surface area (Å²) < 4.78 is 0. The highest BCUT2D eigenvalue weighted by molar-refractivity contribution is 7.10. The van der Waals surface area contributed by atoms with Crippen molar-refractivity contribution in [2.24, 2.45) is 10.8 Å². The van der Waals surface area contributed by atoms with Gasteiger partial charge in [0.05, 0.1) is 11.7 Å². The Morgan fingerprint density at radius 3 is 2.67 bits per heavy atom. The van der Waals surface area contributed by atoms with Crippen molar-refractivity contribution in [1.82, 2.24) is 5.32 Å². The zero-order valence-corrected chi connectivity index (χ0v) is 14.0. The molecule has 1 aromatic heterocycles. The van der Waals surface area contributed by atoms with Gasteiger partial charge in [-0.25, -0.2) is 0 Å². The standard InChI is InChI=1S/C17H18N4O2S/c1-11(15-8-5-9-24-15)19-17(23)13-10-14(16(18)22)21(20-13)12-6-3-2-4-7-12/h2-9,11,14H,10H2,1H3,(H2,18,22)(H,19,23)/t11-,14-/m1/s1. The fourth-order valence-corrected chi connectivity index (χ4v) is 3.31. The monoisotopic (exact) mass is 342 g/mol. The Labute approximate surface area is 144 Å². The van der Waals surface area contributed by atoms with E-state index >= 15 is 0 Å². The van der Waals surface area contributed by atoms with Gasteiger partial charge in [0, 0.05) is 11.3 Å². The second-order valence-corrected chi connectivity index (χ2v) is 6.54. The second-order valence-electron chi connectivity index (χ2n) is 5.56. The van der Waals surface area contributed by atoms with Gasteiger partial charge < -0.3 is 11.1 Å². The smallest absolute Gasteiger partial charge is 0.268 e. The van der Waals surface area contributed by atoms with Gasteiger partial charge in [-0.15, -0.1) is 11.3 Å². The Morgan fingerprint density at radius 1 is 1.29 bits per heavy atom. The number of anilines is 1. The molecule has 124 valence electrons. The number of para-hydroxylation sites is 1. The normalized spacial score (nSPS) is 18.1. The summed E-state index contributed by atoms with van der Waals surface area (Å²) >= 11 is 1.58. The number of hydrogen-bond donors (Lipinski definition) is 2. The van der Waals surface area contributed by atoms with Crippen molar-refractivity contribution in [2.45, 2.75) is 25.4 Å². The summed E-state index contributed by atoms with van der Waals surface area (Å²) in [5.74, 6) is -0.780. The molecule has 2 amide bonds. The van der Waals surface area contributed by atoms with Crippen molar-refractivity contribution in [3.63, 3.8) is 0 Å². The molecule has 1 aromatic carbocycles. The number of nitrogens with two attached hydrogens (primary N) is 1. The molecule has 1 aliphatic rings. The maximum Gasteiger partial charge on any atom is 0.268 e. The lowest BCUT2D eigenvalue weighted by Gasteiger charge is -2.20. The third-order valence-electron chi connectivity index (χ3n) is 3.84. The summed E-state index contributed by atoms with van der Waals surface area (Å²) in [7, 11) is 0. The van der Waals surface area contributed by atoms with E-state index in [1.807, 2.05) is 54.8 Å². The van der Waals surface area contributed by atoms with Crippen LogP contribution < -0.4 is 16.1 Å². The molecule has 0 saturated heterocycles. The Morgan fingerprint density at radius 2 is 2.04 bits per heavy atom. The summed E-state index contributed by atoms with van der Waals surface area (Å²) in [6.45, 7) is 1.92. The van der Waals surface area contributed by atoms with E-state index in [2.05, 4.69) is 10.4 Å². The molecular weight excluding hydrogens is 324 g/mol. The van der Waals surface area contributed by atoms with E-state index < -0.39 is 11.9 Å². The zero-order valence-electron chi connectivity index (χ0n) is 13.2. The highest BCUT2D eigenvalue weighted by Gasteiger charge is 2.35. The average Bonchev–Trinajstić information content (AvgIpc) is 3.25. The van der Waals surface area contributed by atoms with Crippen molar-refractivity contribution < 1.29 is 9.59 Å². The van der Waals surface area contributed by atoms with Gasteiger partial charge in [-0.2, -0.15) is 5.10 Å². The molecule has 0 spiro atoms. The van der Waals surface area contributed by atoms with Crippen LogP contribution >= 0.6 is 11.3 Å². The van der Waals surface area contributed by atoms with Crippen LogP contribution in [0.15, 0.2) is 52.9 Å². The molecule has 0 aliphatic carbocycles. The van der Waals surface area contributed by atoms with Crippen LogP contribution in [-0.4, -0.2) is 23.6 Å². The fourth-order valence-electron chi connectivity index (χ4n) is 2.58. The Bertz CT molecular complexity index is 758. The van der Waals surface area contributed by atoms with Crippen molar-refractivity contribution in [3.8, 4) is 0 Å². The third-order valence-corrected chi connectivity index (χ3v) is 4.89. The van der Waals surface area contributed by atoms with Crippen LogP contribution in [0.5, 0.6) is 0 Å². The minimum atomic E-state index is -0.648. The number of carbonyl (C=O) groups excluding carboxylic acids is 2. The molecule has 2 aromatic rings. The summed E-state index contributed by atoms with van der Waals surface area (Å²) in [4.78, 5) is 25.3. The van der Waals surface area contributed by atoms with Gasteiger partial charge in [0.2, 0.25) is 5.91 Å². The summed E-state index contributed by atoms with van der Waals surface area (Å²) in [6.07, 6.45) is 0.202. The number of amides is 2. The van der Waals surface area contributed by atoms with Crippen molar-refractivity contribution in [2.75, 3.05) is 5.01 Å². The van der Waals surface area contributed by atoms with Gasteiger partial charge >= 0.3 is 0 Å². The first-order valence-electron chi connectivity index (χ1n) is 7.61. The Kier molecular flexibility index (Phi) is 4.61. The lowest BCUT2D eigenvalue weighted by molar-refractivity contribution is -0.119. The summed E-state index contributed by atoms with van der Waals surface area (Å²) in [5, 5.41) is 10.7. The number of nitrogens with zero attached hydrogens (tertiary/aromatic N) is 2. The molecule has 0 unspecified atom stereocenters. The molecule has 3 rings (SSSR count). The molecule has 0 saturated carbocycles. The molecule has 3 N–H and O–H groups in total. The predicted molar refractivity (Wildman–Crippen MR) is 94.8 cm³/mol. The van der Waals surface area contributed by atoms with E-state index in [0.29, 0.717) is 5.71 Å². The zero-order chi connectivity index (χ0) is 17.1. The molecule has 2 heterocycles. The molecule has 0 fully saturated rings. The molecule has 7 heteroatoms. The summed E-state index contributed by atoms with van der Waals surface area (Å²) in [5.41, 5.74) is 6.53. The SMILES string of the molecule is C[C@@H](NC(=O)C1=NN(c2ccccc2)[C@@H](C(N)=O)C1)c1cccs1. The average molecular weight is 342 g/mol. The predicted octanol–water partition coefficient (Wildman–Crippen LogP) is 2.05. The molecular formula is C17H18N4O2S. The van der Waals surface area contributed by atoms with Crippen LogP contribution in [0.2, 0.25) is 0 Å². The van der Waals surface area contributed by atoms with E-state index in [9.17, 15) is 9.59 Å². The fraction of sp³-hybridized carbons (Fsp3) is 0.235. The van der Waals surface area contributed by atoms with Gasteiger partial charge in [-0.05, 0) is 30.5 Å². The van der Waals surface area contributed by atoms with Gasteiger partial charge in [0.25, 0.3) is 5.91 Å². The molecule has 1 aliphatic heterocycles. The van der Waals surface area contributed by atoms with Crippen molar-refractivity contribution >= 4 is 34.6 Å². The summed E-state index contributed by atoms with van der Waals surface area (Å²) in [6, 6.07) is 12.4. The first-order valence-corrected chi connectivity index (χ1v) is 8.49. The van der Waals surface area contributed by atoms with Gasteiger partial charge in [0.15, 0.2) is 0 Å². The van der Waals surface area contributed by atoms with Crippen LogP contribution in [0.25, 0.3) is 0 Å². The lowest BCUT2D eigenvalue weighted by Crippen LogP contribution is -2.40. The van der Waals surface area contributed by atoms with Crippen molar-refractivity contribution in [3.05, 3.63) is 52.7 Å². The van der Waals surface area contributed by atoms with E-state index in [1.54, 1.807) is 11.3 Å². The minimum absolute atomic E-state index is 0.113. The minimum Gasteiger partial charge on any atom is -0.368 e. The van der Waals surface area contributed by atoms with E-state index in [4.69, 9.17) is 5.73 Å². The number of primary amides is 1. The number of nitrogens with one attached hydrogen (secondary N) is 1. The third kappa shape index (κ3) is 3.30. The number of rotatable bonds is 5. The molecule has 24 heavy (non-hydrogen) atoms. The number of thiophene rings is 1. The maximum atomic E-state index is 12.5. The number of carbonyl (C=O) groups is 2. The van der Waals surface area contributed by atoms with E-state index in [0.717, 1.165) is 10.6 Å². The Balaban J connectivity index is 1.78. The largest absolute Gasteiger partial charge is 0.368 e. The van der Waals surface area contributed by atoms with Crippen LogP contribution in [0.3, 0.4) is 0 Å². The Hall–Kier alpha value is -2.67. The van der Waals surface area contributed by atoms with E-state index in [-0.39, 0.29) is 18.4 Å². The van der Waals surface area contributed by atoms with Crippen molar-refractivity contribution in [1.29, 1.82) is 0 Å². The molecule has 0 bridgehead atoms. The van der Waals surface area contributed by atoms with Gasteiger partial charge in [-0.3, -0.25) is 14.6 Å². The topological polar surface area (TPSA) is 87.8 Å². The maximum absolute atomic E-state index is 12.5. The number of hydrogen-bond acceptors (Lipinski definition) is 5. The highest BCUT2D eigenvalue weighted by Crippen LogP contribution is 2.25.